The van der Waals surface area contributed by atoms with Crippen LogP contribution in [0, 0.1) is 0 Å². The number of anilines is 1. The molecule has 2 amide bonds. The van der Waals surface area contributed by atoms with Gasteiger partial charge in [-0.05, 0) is 18.2 Å². The van der Waals surface area contributed by atoms with Gasteiger partial charge in [-0.2, -0.15) is 13.2 Å². The summed E-state index contributed by atoms with van der Waals surface area (Å²) in [5, 5.41) is 2.78. The number of hydrogen-bond donors (Lipinski definition) is 3. The van der Waals surface area contributed by atoms with Gasteiger partial charge in [0.2, 0.25) is 5.82 Å². The first kappa shape index (κ1) is 15.1. The van der Waals surface area contributed by atoms with Gasteiger partial charge in [0, 0.05) is 17.5 Å². The van der Waals surface area contributed by atoms with Crippen LogP contribution in [-0.2, 0) is 6.18 Å². The van der Waals surface area contributed by atoms with Gasteiger partial charge in [0.1, 0.15) is 0 Å². The van der Waals surface area contributed by atoms with Crippen molar-refractivity contribution in [3.63, 3.8) is 0 Å². The maximum atomic E-state index is 12.8. The molecule has 0 fully saturated rings. The van der Waals surface area contributed by atoms with Crippen molar-refractivity contribution < 1.29 is 18.0 Å². The Bertz CT molecular complexity index is 691. The van der Waals surface area contributed by atoms with Crippen molar-refractivity contribution in [3.8, 4) is 0 Å². The van der Waals surface area contributed by atoms with Crippen molar-refractivity contribution in [2.45, 2.75) is 6.18 Å². The molecule has 2 rings (SSSR count). The van der Waals surface area contributed by atoms with E-state index in [9.17, 15) is 18.0 Å². The number of amides is 2. The van der Waals surface area contributed by atoms with E-state index in [1.807, 2.05) is 0 Å². The molecule has 6 nitrogen and oxygen atoms in total. The summed E-state index contributed by atoms with van der Waals surface area (Å²) in [7, 11) is 1.35. The molecule has 1 aromatic carbocycles. The Hall–Kier alpha value is -2.29. The molecule has 2 aromatic rings. The molecule has 0 atom stereocenters. The van der Waals surface area contributed by atoms with Crippen LogP contribution in [0.3, 0.4) is 0 Å². The summed E-state index contributed by atoms with van der Waals surface area (Å²) >= 11 is 5.81. The van der Waals surface area contributed by atoms with Crippen molar-refractivity contribution >= 4 is 34.4 Å². The molecular formula is C11H9ClF3N5O. The molecule has 0 spiro atoms. The number of aromatic nitrogens is 2. The third kappa shape index (κ3) is 3.43. The molecule has 112 valence electrons. The molecule has 10 heteroatoms. The first-order chi connectivity index (χ1) is 9.81. The lowest BCUT2D eigenvalue weighted by Crippen LogP contribution is -2.37. The molecule has 0 bridgehead atoms. The van der Waals surface area contributed by atoms with Crippen molar-refractivity contribution in [2.75, 3.05) is 12.5 Å². The van der Waals surface area contributed by atoms with Crippen molar-refractivity contribution in [3.05, 3.63) is 29.0 Å². The molecule has 0 saturated carbocycles. The fraction of sp³-hybridized carbons (Fsp3) is 0.182. The monoisotopic (exact) mass is 319 g/mol. The third-order valence-electron chi connectivity index (χ3n) is 2.43. The molecule has 0 radical (unpaired) electrons. The first-order valence-corrected chi connectivity index (χ1v) is 5.97. The number of nitrogens with one attached hydrogen (secondary N) is 3. The smallest absolute Gasteiger partial charge is 0.340 e. The lowest BCUT2D eigenvalue weighted by atomic mass is 10.2. The molecule has 1 heterocycles. The second kappa shape index (κ2) is 5.60. The molecule has 0 aliphatic carbocycles. The fourth-order valence-corrected chi connectivity index (χ4v) is 1.67. The summed E-state index contributed by atoms with van der Waals surface area (Å²) in [6.45, 7) is 0. The van der Waals surface area contributed by atoms with E-state index in [4.69, 9.17) is 11.6 Å². The van der Waals surface area contributed by atoms with Gasteiger partial charge in [0.25, 0.3) is 0 Å². The summed E-state index contributed by atoms with van der Waals surface area (Å²) in [4.78, 5) is 17.9. The average molecular weight is 320 g/mol. The standard InChI is InChI=1S/C11H9ClF3N5O/c1-16-10(21)20-19-8-6-4-5(12)2-3-7(6)17-9(18-8)11(13,14)15/h2-4H,1H3,(H2,16,20,21)(H,17,18,19). The highest BCUT2D eigenvalue weighted by molar-refractivity contribution is 6.31. The lowest BCUT2D eigenvalue weighted by Gasteiger charge is -2.12. The van der Waals surface area contributed by atoms with E-state index in [1.165, 1.54) is 25.2 Å². The van der Waals surface area contributed by atoms with Crippen LogP contribution in [0.5, 0.6) is 0 Å². The highest BCUT2D eigenvalue weighted by Crippen LogP contribution is 2.31. The zero-order chi connectivity index (χ0) is 15.6. The number of carbonyl (C=O) groups excluding carboxylic acids is 1. The molecule has 1 aromatic heterocycles. The van der Waals surface area contributed by atoms with Crippen molar-refractivity contribution in [1.29, 1.82) is 0 Å². The first-order valence-electron chi connectivity index (χ1n) is 5.59. The Balaban J connectivity index is 2.52. The number of hydrazine groups is 1. The molecule has 0 aliphatic heterocycles. The van der Waals surface area contributed by atoms with Crippen LogP contribution in [0.15, 0.2) is 18.2 Å². The van der Waals surface area contributed by atoms with E-state index >= 15 is 0 Å². The predicted molar refractivity (Wildman–Crippen MR) is 70.8 cm³/mol. The molecule has 0 aliphatic rings. The van der Waals surface area contributed by atoms with Crippen LogP contribution in [0.2, 0.25) is 5.02 Å². The van der Waals surface area contributed by atoms with Crippen LogP contribution >= 0.6 is 11.6 Å². The predicted octanol–water partition coefficient (Wildman–Crippen LogP) is 2.56. The summed E-state index contributed by atoms with van der Waals surface area (Å²) in [6, 6.07) is 3.50. The van der Waals surface area contributed by atoms with Crippen LogP contribution in [0.25, 0.3) is 10.9 Å². The van der Waals surface area contributed by atoms with Gasteiger partial charge >= 0.3 is 12.2 Å². The van der Waals surface area contributed by atoms with Gasteiger partial charge in [-0.3, -0.25) is 10.9 Å². The number of alkyl halides is 3. The van der Waals surface area contributed by atoms with Crippen LogP contribution in [0.1, 0.15) is 5.82 Å². The number of rotatable bonds is 2. The lowest BCUT2D eigenvalue weighted by molar-refractivity contribution is -0.144. The average Bonchev–Trinajstić information content (AvgIpc) is 2.43. The quantitative estimate of drug-likeness (QED) is 0.743. The van der Waals surface area contributed by atoms with Crippen LogP contribution < -0.4 is 16.2 Å². The van der Waals surface area contributed by atoms with E-state index in [2.05, 4.69) is 26.1 Å². The maximum absolute atomic E-state index is 12.8. The van der Waals surface area contributed by atoms with Crippen molar-refractivity contribution in [2.24, 2.45) is 0 Å². The summed E-state index contributed by atoms with van der Waals surface area (Å²) in [5.74, 6) is -1.53. The van der Waals surface area contributed by atoms with Crippen molar-refractivity contribution in [1.82, 2.24) is 20.7 Å². The number of nitrogens with zero attached hydrogens (tertiary/aromatic N) is 2. The minimum atomic E-state index is -4.71. The normalized spacial score (nSPS) is 11.3. The molecule has 21 heavy (non-hydrogen) atoms. The van der Waals surface area contributed by atoms with Crippen LogP contribution in [0.4, 0.5) is 23.8 Å². The number of hydrogen-bond acceptors (Lipinski definition) is 4. The number of carbonyl (C=O) groups is 1. The number of urea groups is 1. The number of benzene rings is 1. The van der Waals surface area contributed by atoms with E-state index in [-0.39, 0.29) is 16.7 Å². The van der Waals surface area contributed by atoms with E-state index in [0.29, 0.717) is 5.02 Å². The minimum absolute atomic E-state index is 0.0444. The fourth-order valence-electron chi connectivity index (χ4n) is 1.50. The Morgan fingerprint density at radius 2 is 2.00 bits per heavy atom. The summed E-state index contributed by atoms with van der Waals surface area (Å²) < 4.78 is 38.3. The highest BCUT2D eigenvalue weighted by atomic mass is 35.5. The van der Waals surface area contributed by atoms with E-state index in [1.54, 1.807) is 0 Å². The summed E-state index contributed by atoms with van der Waals surface area (Å²) in [6.07, 6.45) is -4.71. The van der Waals surface area contributed by atoms with Crippen LogP contribution in [-0.4, -0.2) is 23.0 Å². The van der Waals surface area contributed by atoms with E-state index in [0.717, 1.165) is 0 Å². The van der Waals surface area contributed by atoms with Gasteiger partial charge in [-0.15, -0.1) is 0 Å². The Labute approximate surface area is 121 Å². The largest absolute Gasteiger partial charge is 0.451 e. The Morgan fingerprint density at radius 3 is 2.62 bits per heavy atom. The number of fused-ring (bicyclic) bond motifs is 1. The third-order valence-corrected chi connectivity index (χ3v) is 2.67. The van der Waals surface area contributed by atoms with Gasteiger partial charge in [-0.25, -0.2) is 14.8 Å². The Kier molecular flexibility index (Phi) is 4.03. The zero-order valence-corrected chi connectivity index (χ0v) is 11.3. The van der Waals surface area contributed by atoms with Gasteiger partial charge in [-0.1, -0.05) is 11.6 Å². The Morgan fingerprint density at radius 1 is 1.29 bits per heavy atom. The molecule has 0 saturated heterocycles. The minimum Gasteiger partial charge on any atom is -0.340 e. The summed E-state index contributed by atoms with van der Waals surface area (Å²) in [5.41, 5.74) is 4.49. The van der Waals surface area contributed by atoms with E-state index < -0.39 is 18.0 Å². The van der Waals surface area contributed by atoms with Gasteiger partial charge in [0.05, 0.1) is 5.52 Å². The topological polar surface area (TPSA) is 78.9 Å². The maximum Gasteiger partial charge on any atom is 0.451 e. The molecular weight excluding hydrogens is 311 g/mol. The van der Waals surface area contributed by atoms with Gasteiger partial charge in [0.15, 0.2) is 5.82 Å². The molecule has 0 unspecified atom stereocenters. The second-order valence-electron chi connectivity index (χ2n) is 3.88. The number of halogens is 4. The second-order valence-corrected chi connectivity index (χ2v) is 4.32. The van der Waals surface area contributed by atoms with Gasteiger partial charge < -0.3 is 5.32 Å². The highest BCUT2D eigenvalue weighted by Gasteiger charge is 2.35. The zero-order valence-electron chi connectivity index (χ0n) is 10.5. The molecule has 3 N–H and O–H groups in total. The SMILES string of the molecule is CNC(=O)NNc1nc(C(F)(F)F)nc2ccc(Cl)cc12.